The van der Waals surface area contributed by atoms with Crippen LogP contribution in [0.4, 0.5) is 5.69 Å². The van der Waals surface area contributed by atoms with Crippen LogP contribution in [0.3, 0.4) is 0 Å². The van der Waals surface area contributed by atoms with Crippen molar-refractivity contribution >= 4 is 23.2 Å². The normalized spacial score (nSPS) is 16.6. The highest BCUT2D eigenvalue weighted by Gasteiger charge is 2.24. The number of nitrogens with one attached hydrogen (secondary N) is 1. The molecule has 1 amide bonds. The smallest absolute Gasteiger partial charge is 0.254 e. The summed E-state index contributed by atoms with van der Waals surface area (Å²) in [5.41, 5.74) is 6.15. The van der Waals surface area contributed by atoms with Crippen LogP contribution in [-0.2, 0) is 4.79 Å². The van der Waals surface area contributed by atoms with Crippen LogP contribution in [0.1, 0.15) is 43.5 Å². The number of fused-ring (bicyclic) bond motifs is 4. The van der Waals surface area contributed by atoms with Gasteiger partial charge in [0, 0.05) is 41.7 Å². The van der Waals surface area contributed by atoms with Gasteiger partial charge in [-0.2, -0.15) is 5.10 Å². The summed E-state index contributed by atoms with van der Waals surface area (Å²) < 4.78 is 4.90. The van der Waals surface area contributed by atoms with Gasteiger partial charge in [-0.15, -0.1) is 5.10 Å². The summed E-state index contributed by atoms with van der Waals surface area (Å²) in [6.45, 7) is 3.88. The van der Waals surface area contributed by atoms with E-state index in [0.717, 1.165) is 22.4 Å². The van der Waals surface area contributed by atoms with Gasteiger partial charge in [-0.3, -0.25) is 24.1 Å². The molecular formula is C33H29ClN10O2. The monoisotopic (exact) mass is 632 g/mol. The van der Waals surface area contributed by atoms with Crippen LogP contribution >= 0.6 is 11.6 Å². The second kappa shape index (κ2) is 12.1. The van der Waals surface area contributed by atoms with Crippen molar-refractivity contribution in [2.45, 2.75) is 39.2 Å². The lowest BCUT2D eigenvalue weighted by Crippen LogP contribution is -2.27. The van der Waals surface area contributed by atoms with Gasteiger partial charge in [0.05, 0.1) is 53.2 Å². The van der Waals surface area contributed by atoms with Crippen LogP contribution in [0.5, 0.6) is 0 Å². The van der Waals surface area contributed by atoms with Crippen molar-refractivity contribution in [2.24, 2.45) is 5.92 Å². The molecule has 7 rings (SSSR count). The Balaban J connectivity index is 1.31. The van der Waals surface area contributed by atoms with Crippen molar-refractivity contribution in [2.75, 3.05) is 5.32 Å². The van der Waals surface area contributed by atoms with Gasteiger partial charge in [0.15, 0.2) is 5.15 Å². The molecule has 0 spiro atoms. The second-order valence-electron chi connectivity index (χ2n) is 11.4. The molecule has 1 aliphatic heterocycles. The number of carbonyl (C=O) groups is 1. The molecule has 6 aromatic rings. The minimum absolute atomic E-state index is 0.0900. The Labute approximate surface area is 268 Å². The fraction of sp³-hybridized carbons (Fsp3) is 0.212. The zero-order valence-corrected chi connectivity index (χ0v) is 25.8. The zero-order valence-electron chi connectivity index (χ0n) is 25.1. The number of carbonyl (C=O) groups excluding carboxylic acids is 1. The molecule has 0 saturated heterocycles. The van der Waals surface area contributed by atoms with Gasteiger partial charge in [0.25, 0.3) is 5.56 Å². The maximum atomic E-state index is 13.8. The first-order chi connectivity index (χ1) is 22.3. The molecule has 1 aromatic carbocycles. The van der Waals surface area contributed by atoms with Crippen molar-refractivity contribution in [3.05, 3.63) is 113 Å². The molecule has 0 radical (unpaired) electrons. The lowest BCUT2D eigenvalue weighted by atomic mass is 9.97. The molecule has 0 fully saturated rings. The minimum Gasteiger partial charge on any atom is -0.323 e. The Morgan fingerprint density at radius 1 is 0.935 bits per heavy atom. The van der Waals surface area contributed by atoms with Gasteiger partial charge >= 0.3 is 0 Å². The van der Waals surface area contributed by atoms with Gasteiger partial charge < -0.3 is 5.32 Å². The first-order valence-corrected chi connectivity index (χ1v) is 15.3. The maximum absolute atomic E-state index is 13.8. The number of halogens is 1. The molecule has 6 heterocycles. The Morgan fingerprint density at radius 2 is 1.78 bits per heavy atom. The Kier molecular flexibility index (Phi) is 7.71. The van der Waals surface area contributed by atoms with Gasteiger partial charge in [0.1, 0.15) is 5.69 Å². The van der Waals surface area contributed by atoms with E-state index in [0.29, 0.717) is 47.7 Å². The van der Waals surface area contributed by atoms with E-state index >= 15 is 0 Å². The molecule has 46 heavy (non-hydrogen) atoms. The quantitative estimate of drug-likeness (QED) is 0.271. The fourth-order valence-electron chi connectivity index (χ4n) is 5.73. The summed E-state index contributed by atoms with van der Waals surface area (Å²) >= 11 is 6.04. The predicted molar refractivity (Wildman–Crippen MR) is 173 cm³/mol. The van der Waals surface area contributed by atoms with Crippen LogP contribution in [0.2, 0.25) is 5.15 Å². The standard InChI is InChI=1S/C33H29ClN10O2/c1-20-6-7-28(44-18-30(34)39-41-44)24(14-20)25-16-31(45)42(19-37-25)29-5-3-4-21(2)33(46)38-27-17-43(23-9-11-35-12-10-23)40-32(27)22-8-13-36-26(29)15-22/h6-19,21,29H,3-5H2,1-2H3,(H,38,46)/t21-,29+/m1/s1. The van der Waals surface area contributed by atoms with E-state index in [-0.39, 0.29) is 22.5 Å². The van der Waals surface area contributed by atoms with E-state index in [4.69, 9.17) is 26.7 Å². The lowest BCUT2D eigenvalue weighted by Gasteiger charge is -2.22. The average molecular weight is 633 g/mol. The lowest BCUT2D eigenvalue weighted by molar-refractivity contribution is -0.119. The van der Waals surface area contributed by atoms with Gasteiger partial charge in [0.2, 0.25) is 5.91 Å². The Hall–Kier alpha value is -5.49. The van der Waals surface area contributed by atoms with Gasteiger partial charge in [-0.05, 0) is 56.2 Å². The van der Waals surface area contributed by atoms with Crippen molar-refractivity contribution < 1.29 is 4.79 Å². The number of amides is 1. The zero-order chi connectivity index (χ0) is 31.8. The number of aromatic nitrogens is 9. The number of nitrogens with zero attached hydrogens (tertiary/aromatic N) is 9. The maximum Gasteiger partial charge on any atom is 0.254 e. The molecule has 0 aliphatic carbocycles. The van der Waals surface area contributed by atoms with Crippen molar-refractivity contribution in [1.82, 2.24) is 44.3 Å². The molecule has 1 aliphatic rings. The fourth-order valence-corrected chi connectivity index (χ4v) is 5.85. The van der Waals surface area contributed by atoms with E-state index in [1.165, 1.54) is 6.07 Å². The van der Waals surface area contributed by atoms with E-state index in [1.54, 1.807) is 51.2 Å². The van der Waals surface area contributed by atoms with Crippen LogP contribution in [0, 0.1) is 12.8 Å². The number of hydrogen-bond acceptors (Lipinski definition) is 8. The van der Waals surface area contributed by atoms with Crippen LogP contribution in [0.25, 0.3) is 33.9 Å². The number of hydrogen-bond donors (Lipinski definition) is 1. The summed E-state index contributed by atoms with van der Waals surface area (Å²) in [5.74, 6) is -0.349. The first-order valence-electron chi connectivity index (χ1n) is 14.9. The van der Waals surface area contributed by atoms with Crippen molar-refractivity contribution in [1.29, 1.82) is 0 Å². The number of aryl methyl sites for hydroxylation is 1. The molecule has 2 bridgehead atoms. The van der Waals surface area contributed by atoms with E-state index in [9.17, 15) is 9.59 Å². The minimum atomic E-state index is -0.416. The van der Waals surface area contributed by atoms with Crippen LogP contribution in [-0.4, -0.2) is 50.2 Å². The van der Waals surface area contributed by atoms with Crippen molar-refractivity contribution in [3.8, 4) is 33.9 Å². The molecular weight excluding hydrogens is 604 g/mol. The van der Waals surface area contributed by atoms with Crippen LogP contribution < -0.4 is 10.9 Å². The first kappa shape index (κ1) is 29.2. The molecule has 5 aromatic heterocycles. The van der Waals surface area contributed by atoms with Crippen LogP contribution in [0.15, 0.2) is 90.6 Å². The van der Waals surface area contributed by atoms with Crippen molar-refractivity contribution in [3.63, 3.8) is 0 Å². The third kappa shape index (κ3) is 5.70. The SMILES string of the molecule is Cc1ccc(-n2cc(Cl)nn2)c(-c2cc(=O)n([C@H]3CCC[C@@H](C)C(=O)Nc4cn(-c5ccncc5)nc4-c4ccnc3c4)cn2)c1. The molecule has 13 heteroatoms. The molecule has 2 atom stereocenters. The average Bonchev–Trinajstić information content (AvgIpc) is 3.69. The second-order valence-corrected chi connectivity index (χ2v) is 11.8. The number of anilines is 1. The summed E-state index contributed by atoms with van der Waals surface area (Å²) in [7, 11) is 0. The number of rotatable bonds is 4. The summed E-state index contributed by atoms with van der Waals surface area (Å²) in [4.78, 5) is 40.6. The Morgan fingerprint density at radius 3 is 2.57 bits per heavy atom. The van der Waals surface area contributed by atoms with E-state index < -0.39 is 6.04 Å². The highest BCUT2D eigenvalue weighted by molar-refractivity contribution is 6.29. The molecule has 12 nitrogen and oxygen atoms in total. The third-order valence-electron chi connectivity index (χ3n) is 8.17. The summed E-state index contributed by atoms with van der Waals surface area (Å²) in [5, 5.41) is 16.2. The number of benzene rings is 1. The third-order valence-corrected chi connectivity index (χ3v) is 8.34. The highest BCUT2D eigenvalue weighted by atomic mass is 35.5. The van der Waals surface area contributed by atoms with Gasteiger partial charge in [-0.25, -0.2) is 14.3 Å². The van der Waals surface area contributed by atoms with Gasteiger partial charge in [-0.1, -0.05) is 41.8 Å². The highest BCUT2D eigenvalue weighted by Crippen LogP contribution is 2.33. The largest absolute Gasteiger partial charge is 0.323 e. The predicted octanol–water partition coefficient (Wildman–Crippen LogP) is 5.44. The molecule has 1 N–H and O–H groups in total. The van der Waals surface area contributed by atoms with E-state index in [1.807, 2.05) is 56.3 Å². The number of pyridine rings is 2. The molecule has 230 valence electrons. The summed E-state index contributed by atoms with van der Waals surface area (Å²) in [6.07, 6.45) is 12.0. The topological polar surface area (TPSA) is 138 Å². The molecule has 0 unspecified atom stereocenters. The van der Waals surface area contributed by atoms with E-state index in [2.05, 4.69) is 20.6 Å². The molecule has 0 saturated carbocycles. The summed E-state index contributed by atoms with van der Waals surface area (Å²) in [6, 6.07) is 14.4. The Bertz CT molecular complexity index is 2120.